The number of hydrogen-bond donors (Lipinski definition) is 1. The summed E-state index contributed by atoms with van der Waals surface area (Å²) in [5.41, 5.74) is 8.27. The summed E-state index contributed by atoms with van der Waals surface area (Å²) in [7, 11) is 1.93. The van der Waals surface area contributed by atoms with E-state index in [4.69, 9.17) is 14.5 Å². The first-order valence-electron chi connectivity index (χ1n) is 15.7. The topological polar surface area (TPSA) is 86.5 Å². The molecule has 3 heterocycles. The Bertz CT molecular complexity index is 2210. The Morgan fingerprint density at radius 1 is 1.09 bits per heavy atom. The zero-order valence-corrected chi connectivity index (χ0v) is 28.1. The van der Waals surface area contributed by atoms with Crippen LogP contribution in [0.3, 0.4) is 0 Å². The summed E-state index contributed by atoms with van der Waals surface area (Å²) in [6.45, 7) is 9.81. The molecule has 2 aromatic heterocycles. The van der Waals surface area contributed by atoms with E-state index in [1.54, 1.807) is 0 Å². The van der Waals surface area contributed by atoms with E-state index < -0.39 is 23.5 Å². The molecule has 0 spiro atoms. The zero-order chi connectivity index (χ0) is 33.2. The maximum Gasteiger partial charge on any atom is 0.337 e. The van der Waals surface area contributed by atoms with Crippen LogP contribution in [0.5, 0.6) is 5.75 Å². The molecule has 0 radical (unpaired) electrons. The van der Waals surface area contributed by atoms with Gasteiger partial charge >= 0.3 is 5.97 Å². The predicted octanol–water partition coefficient (Wildman–Crippen LogP) is 9.21. The van der Waals surface area contributed by atoms with Crippen molar-refractivity contribution in [1.29, 1.82) is 0 Å². The number of aliphatic carboxylic acids is 1. The molecule has 47 heavy (non-hydrogen) atoms. The first-order chi connectivity index (χ1) is 22.4. The highest BCUT2D eigenvalue weighted by molar-refractivity contribution is 7.22. The fourth-order valence-corrected chi connectivity index (χ4v) is 7.73. The van der Waals surface area contributed by atoms with Gasteiger partial charge in [-0.2, -0.15) is 5.10 Å². The molecule has 1 N–H and O–H groups in total. The molecule has 7 nitrogen and oxygen atoms in total. The molecule has 1 atom stereocenters. The molecule has 1 aliphatic heterocycles. The Hall–Kier alpha value is -4.60. The van der Waals surface area contributed by atoms with Gasteiger partial charge in [0, 0.05) is 34.7 Å². The van der Waals surface area contributed by atoms with Gasteiger partial charge in [0.1, 0.15) is 5.01 Å². The highest BCUT2D eigenvalue weighted by atomic mass is 32.1. The third-order valence-electron chi connectivity index (χ3n) is 8.78. The molecule has 0 amide bonds. The number of hydrogen-bond acceptors (Lipinski definition) is 6. The summed E-state index contributed by atoms with van der Waals surface area (Å²) >= 11 is 1.48. The Morgan fingerprint density at radius 3 is 2.62 bits per heavy atom. The number of halogens is 1. The lowest BCUT2D eigenvalue weighted by atomic mass is 9.86. The smallest absolute Gasteiger partial charge is 0.337 e. The number of fused-ring (bicyclic) bond motifs is 3. The molecule has 4 aromatic carbocycles. The number of thiazole rings is 1. The average molecular weight is 650 g/mol. The van der Waals surface area contributed by atoms with Crippen LogP contribution in [0.4, 0.5) is 4.39 Å². The number of aromatic nitrogens is 3. The number of rotatable bonds is 6. The third-order valence-corrected chi connectivity index (χ3v) is 9.92. The minimum atomic E-state index is -1.28. The van der Waals surface area contributed by atoms with E-state index in [1.165, 1.54) is 17.4 Å². The molecule has 0 bridgehead atoms. The van der Waals surface area contributed by atoms with E-state index in [-0.39, 0.29) is 5.75 Å². The van der Waals surface area contributed by atoms with Gasteiger partial charge in [-0.3, -0.25) is 4.68 Å². The Balaban J connectivity index is 1.45. The maximum absolute atomic E-state index is 15.7. The van der Waals surface area contributed by atoms with Gasteiger partial charge < -0.3 is 14.6 Å². The number of carboxylic acids is 1. The van der Waals surface area contributed by atoms with E-state index in [0.717, 1.165) is 60.4 Å². The van der Waals surface area contributed by atoms with Gasteiger partial charge in [-0.1, -0.05) is 24.3 Å². The fourth-order valence-electron chi connectivity index (χ4n) is 6.62. The van der Waals surface area contributed by atoms with Gasteiger partial charge in [-0.05, 0) is 106 Å². The second kappa shape index (κ2) is 11.6. The van der Waals surface area contributed by atoms with Crippen LogP contribution in [0.1, 0.15) is 55.5 Å². The van der Waals surface area contributed by atoms with Crippen molar-refractivity contribution in [2.45, 2.75) is 59.2 Å². The summed E-state index contributed by atoms with van der Waals surface area (Å²) in [4.78, 5) is 18.0. The molecular formula is C38H36FN3O4S. The van der Waals surface area contributed by atoms with Gasteiger partial charge in [0.25, 0.3) is 0 Å². The average Bonchev–Trinajstić information content (AvgIpc) is 3.64. The molecule has 1 unspecified atom stereocenters. The van der Waals surface area contributed by atoms with Gasteiger partial charge in [0.15, 0.2) is 17.7 Å². The van der Waals surface area contributed by atoms with Crippen LogP contribution in [-0.4, -0.2) is 38.0 Å². The van der Waals surface area contributed by atoms with Crippen molar-refractivity contribution >= 4 is 38.4 Å². The van der Waals surface area contributed by atoms with Crippen molar-refractivity contribution in [3.05, 3.63) is 88.9 Å². The largest absolute Gasteiger partial charge is 0.490 e. The van der Waals surface area contributed by atoms with E-state index in [2.05, 4.69) is 35.4 Å². The molecule has 1 aliphatic rings. The van der Waals surface area contributed by atoms with Gasteiger partial charge in [0.05, 0.1) is 34.1 Å². The molecule has 6 aromatic rings. The van der Waals surface area contributed by atoms with Crippen LogP contribution in [0.2, 0.25) is 0 Å². The lowest BCUT2D eigenvalue weighted by Crippen LogP contribution is -2.28. The van der Waals surface area contributed by atoms with Crippen molar-refractivity contribution in [2.24, 2.45) is 7.05 Å². The van der Waals surface area contributed by atoms with Gasteiger partial charge in [-0.25, -0.2) is 14.2 Å². The maximum atomic E-state index is 15.7. The van der Waals surface area contributed by atoms with Crippen LogP contribution in [0.15, 0.2) is 60.8 Å². The molecule has 0 aliphatic carbocycles. The molecule has 240 valence electrons. The second-order valence-electron chi connectivity index (χ2n) is 13.2. The molecule has 0 saturated heterocycles. The van der Waals surface area contributed by atoms with Crippen LogP contribution in [0.25, 0.3) is 53.9 Å². The normalized spacial score (nSPS) is 13.9. The number of carbonyl (C=O) groups is 1. The van der Waals surface area contributed by atoms with Crippen molar-refractivity contribution < 1.29 is 23.8 Å². The minimum absolute atomic E-state index is 0.287. The Labute approximate surface area is 276 Å². The molecule has 9 heteroatoms. The quantitative estimate of drug-likeness (QED) is 0.194. The summed E-state index contributed by atoms with van der Waals surface area (Å²) in [6.07, 6.45) is 2.05. The van der Waals surface area contributed by atoms with Gasteiger partial charge in [-0.15, -0.1) is 11.3 Å². The number of aryl methyl sites for hydroxylation is 2. The molecule has 7 rings (SSSR count). The van der Waals surface area contributed by atoms with E-state index in [9.17, 15) is 9.90 Å². The SMILES string of the molecule is Cc1cc2nc(-c3cccc(-c4ccc5c(cnn5C)c4)c3)sc2c(-c2cc(F)c3c(c2C)CCCO3)c1C(OC(C)(C)C)C(=O)O. The number of carboxylic acid groups (broad SMARTS) is 1. The van der Waals surface area contributed by atoms with E-state index in [1.807, 2.05) is 70.7 Å². The van der Waals surface area contributed by atoms with Gasteiger partial charge in [0.2, 0.25) is 0 Å². The molecular weight excluding hydrogens is 614 g/mol. The van der Waals surface area contributed by atoms with Crippen LogP contribution >= 0.6 is 11.3 Å². The van der Waals surface area contributed by atoms with Crippen LogP contribution in [0, 0.1) is 19.7 Å². The van der Waals surface area contributed by atoms with E-state index >= 15 is 4.39 Å². The minimum Gasteiger partial charge on any atom is -0.490 e. The second-order valence-corrected chi connectivity index (χ2v) is 14.2. The van der Waals surface area contributed by atoms with E-state index in [0.29, 0.717) is 35.3 Å². The zero-order valence-electron chi connectivity index (χ0n) is 27.3. The summed E-state index contributed by atoms with van der Waals surface area (Å²) in [5, 5.41) is 16.7. The Kier molecular flexibility index (Phi) is 7.64. The summed E-state index contributed by atoms with van der Waals surface area (Å²) in [5.74, 6) is -1.27. The number of ether oxygens (including phenoxy) is 2. The summed E-state index contributed by atoms with van der Waals surface area (Å²) in [6, 6.07) is 17.9. The van der Waals surface area contributed by atoms with Crippen LogP contribution < -0.4 is 4.74 Å². The number of benzene rings is 4. The lowest BCUT2D eigenvalue weighted by molar-refractivity contribution is -0.160. The van der Waals surface area contributed by atoms with Crippen molar-refractivity contribution in [3.8, 4) is 38.6 Å². The fraction of sp³-hybridized carbons (Fsp3) is 0.289. The summed E-state index contributed by atoms with van der Waals surface area (Å²) < 4.78 is 30.3. The Morgan fingerprint density at radius 2 is 1.85 bits per heavy atom. The highest BCUT2D eigenvalue weighted by Crippen LogP contribution is 2.47. The first-order valence-corrected chi connectivity index (χ1v) is 16.5. The lowest BCUT2D eigenvalue weighted by Gasteiger charge is -2.29. The monoisotopic (exact) mass is 649 g/mol. The van der Waals surface area contributed by atoms with Crippen molar-refractivity contribution in [1.82, 2.24) is 14.8 Å². The van der Waals surface area contributed by atoms with Crippen molar-refractivity contribution in [3.63, 3.8) is 0 Å². The van der Waals surface area contributed by atoms with Crippen molar-refractivity contribution in [2.75, 3.05) is 6.61 Å². The predicted molar refractivity (Wildman–Crippen MR) is 185 cm³/mol. The molecule has 0 saturated carbocycles. The molecule has 0 fully saturated rings. The van der Waals surface area contributed by atoms with Crippen LogP contribution in [-0.2, 0) is 23.0 Å². The third kappa shape index (κ3) is 5.57. The number of nitrogens with zero attached hydrogens (tertiary/aromatic N) is 3. The first kappa shape index (κ1) is 31.0. The highest BCUT2D eigenvalue weighted by Gasteiger charge is 2.34. The standard InChI is InChI=1S/C38H36FN3O4S/c1-20-15-29-35(47-36(41-29)24-10-7-9-22(16-24)23-12-13-30-25(17-23)19-40-42(30)6)32(31(20)34(37(43)44)46-38(3,4)5)27-18-28(39)33-26(21(27)2)11-8-14-45-33/h7,9-10,12-13,15-19,34H,8,11,14H2,1-6H3,(H,43,44).